The topological polar surface area (TPSA) is 83.3 Å². The molecule has 2 aliphatic rings. The van der Waals surface area contributed by atoms with Gasteiger partial charge in [0.25, 0.3) is 0 Å². The molecule has 0 spiro atoms. The molecule has 2 rings (SSSR count). The smallest absolute Gasteiger partial charge is 0.159 e. The maximum absolute atomic E-state index is 10.0. The molecule has 0 unspecified atom stereocenters. The molecule has 2 fully saturated rings. The molecule has 0 aromatic carbocycles. The van der Waals surface area contributed by atoms with Crippen LogP contribution in [0.3, 0.4) is 0 Å². The average Bonchev–Trinajstić information content (AvgIpc) is 2.69. The summed E-state index contributed by atoms with van der Waals surface area (Å²) in [5.74, 6) is 0. The second-order valence-electron chi connectivity index (χ2n) is 4.05. The standard InChI is InChI=1S/C10H18N2O4S/c1-3-11-10-12-6-8(14)7(13)5(4-15-2)16-9(6)17-10/h5-9,13-14H,3-4H2,1-2H3,(H,11,12)/t5-,6-,7-,8-,9-/m1/s1. The van der Waals surface area contributed by atoms with E-state index in [-0.39, 0.29) is 18.1 Å². The summed E-state index contributed by atoms with van der Waals surface area (Å²) in [6, 6.07) is -0.312. The minimum atomic E-state index is -0.940. The van der Waals surface area contributed by atoms with Crippen molar-refractivity contribution in [3.8, 4) is 0 Å². The summed E-state index contributed by atoms with van der Waals surface area (Å²) in [6.07, 6.45) is -2.30. The molecule has 0 bridgehead atoms. The molecule has 0 radical (unpaired) electrons. The molecular weight excluding hydrogens is 244 g/mol. The number of thioether (sulfide) groups is 1. The molecule has 2 aliphatic heterocycles. The van der Waals surface area contributed by atoms with E-state index in [1.807, 2.05) is 6.92 Å². The van der Waals surface area contributed by atoms with Gasteiger partial charge >= 0.3 is 0 Å². The minimum Gasteiger partial charge on any atom is -0.388 e. The Morgan fingerprint density at radius 3 is 2.88 bits per heavy atom. The van der Waals surface area contributed by atoms with Crippen LogP contribution in [0.25, 0.3) is 0 Å². The van der Waals surface area contributed by atoms with Gasteiger partial charge in [-0.05, 0) is 6.92 Å². The lowest BCUT2D eigenvalue weighted by Crippen LogP contribution is -2.59. The monoisotopic (exact) mass is 262 g/mol. The van der Waals surface area contributed by atoms with Gasteiger partial charge in [0, 0.05) is 13.7 Å². The van der Waals surface area contributed by atoms with Crippen LogP contribution in [-0.4, -0.2) is 65.4 Å². The van der Waals surface area contributed by atoms with Gasteiger partial charge in [-0.3, -0.25) is 4.99 Å². The van der Waals surface area contributed by atoms with Crippen molar-refractivity contribution in [3.63, 3.8) is 0 Å². The number of ether oxygens (including phenoxy) is 2. The summed E-state index contributed by atoms with van der Waals surface area (Å²) in [4.78, 5) is 4.24. The number of methoxy groups -OCH3 is 1. The van der Waals surface area contributed by atoms with Crippen LogP contribution in [0, 0.1) is 0 Å². The van der Waals surface area contributed by atoms with Gasteiger partial charge in [-0.2, -0.15) is 0 Å². The van der Waals surface area contributed by atoms with Gasteiger partial charge in [-0.15, -0.1) is 0 Å². The first-order chi connectivity index (χ1) is 8.17. The molecule has 5 atom stereocenters. The van der Waals surface area contributed by atoms with E-state index in [0.717, 1.165) is 5.17 Å². The lowest BCUT2D eigenvalue weighted by molar-refractivity contribution is -0.170. The molecule has 0 aromatic rings. The third kappa shape index (κ3) is 2.58. The van der Waals surface area contributed by atoms with Crippen molar-refractivity contribution in [2.75, 3.05) is 20.3 Å². The van der Waals surface area contributed by atoms with Gasteiger partial charge in [-0.25, -0.2) is 0 Å². The Bertz CT molecular complexity index is 302. The molecule has 2 saturated heterocycles. The van der Waals surface area contributed by atoms with Crippen molar-refractivity contribution in [1.29, 1.82) is 0 Å². The Hall–Kier alpha value is -0.340. The summed E-state index contributed by atoms with van der Waals surface area (Å²) in [7, 11) is 1.54. The Morgan fingerprint density at radius 2 is 2.24 bits per heavy atom. The molecule has 0 amide bonds. The average molecular weight is 262 g/mol. The van der Waals surface area contributed by atoms with E-state index in [9.17, 15) is 10.2 Å². The summed E-state index contributed by atoms with van der Waals surface area (Å²) < 4.78 is 10.7. The Kier molecular flexibility index (Phi) is 4.26. The van der Waals surface area contributed by atoms with Crippen LogP contribution in [0.1, 0.15) is 6.92 Å². The second-order valence-corrected chi connectivity index (χ2v) is 5.13. The molecule has 2 heterocycles. The van der Waals surface area contributed by atoms with Crippen molar-refractivity contribution < 1.29 is 19.7 Å². The van der Waals surface area contributed by atoms with Crippen LogP contribution >= 0.6 is 11.8 Å². The first-order valence-corrected chi connectivity index (χ1v) is 6.53. The summed E-state index contributed by atoms with van der Waals surface area (Å²) in [5.41, 5.74) is -0.223. The SMILES string of the molecule is CCN=C1N[C@@H]2[C@@H](O)[C@H](O)[C@@H](COC)O[C@@H]2S1. The molecule has 0 aliphatic carbocycles. The fourth-order valence-corrected chi connectivity index (χ4v) is 3.20. The van der Waals surface area contributed by atoms with E-state index in [2.05, 4.69) is 10.3 Å². The number of nitrogens with zero attached hydrogens (tertiary/aromatic N) is 1. The lowest BCUT2D eigenvalue weighted by Gasteiger charge is -2.38. The van der Waals surface area contributed by atoms with E-state index in [4.69, 9.17) is 9.47 Å². The predicted octanol–water partition coefficient (Wildman–Crippen LogP) is -0.840. The largest absolute Gasteiger partial charge is 0.388 e. The number of nitrogens with one attached hydrogen (secondary N) is 1. The summed E-state index contributed by atoms with van der Waals surface area (Å²) in [5, 5.41) is 23.7. The highest BCUT2D eigenvalue weighted by molar-refractivity contribution is 8.14. The van der Waals surface area contributed by atoms with Crippen LogP contribution in [0.15, 0.2) is 4.99 Å². The van der Waals surface area contributed by atoms with Crippen molar-refractivity contribution in [2.24, 2.45) is 4.99 Å². The Morgan fingerprint density at radius 1 is 1.47 bits per heavy atom. The fourth-order valence-electron chi connectivity index (χ4n) is 2.00. The third-order valence-electron chi connectivity index (χ3n) is 2.85. The molecule has 0 aromatic heterocycles. The highest BCUT2D eigenvalue weighted by Gasteiger charge is 2.48. The predicted molar refractivity (Wildman–Crippen MR) is 65.0 cm³/mol. The first-order valence-electron chi connectivity index (χ1n) is 5.65. The third-order valence-corrected chi connectivity index (χ3v) is 3.96. The van der Waals surface area contributed by atoms with Crippen molar-refractivity contribution in [2.45, 2.75) is 36.7 Å². The van der Waals surface area contributed by atoms with Crippen LogP contribution in [-0.2, 0) is 9.47 Å². The maximum atomic E-state index is 10.0. The van der Waals surface area contributed by atoms with Gasteiger partial charge in [0.1, 0.15) is 23.7 Å². The zero-order valence-corrected chi connectivity index (χ0v) is 10.7. The van der Waals surface area contributed by atoms with E-state index < -0.39 is 18.3 Å². The quantitative estimate of drug-likeness (QED) is 0.615. The minimum absolute atomic E-state index is 0.223. The normalized spacial score (nSPS) is 43.5. The molecule has 0 saturated carbocycles. The fraction of sp³-hybridized carbons (Fsp3) is 0.900. The van der Waals surface area contributed by atoms with E-state index in [0.29, 0.717) is 6.54 Å². The van der Waals surface area contributed by atoms with Crippen LogP contribution < -0.4 is 5.32 Å². The van der Waals surface area contributed by atoms with Gasteiger partial charge in [0.15, 0.2) is 5.17 Å². The number of aliphatic imine (C=N–C) groups is 1. The van der Waals surface area contributed by atoms with Crippen LogP contribution in [0.4, 0.5) is 0 Å². The van der Waals surface area contributed by atoms with Crippen molar-refractivity contribution in [1.82, 2.24) is 5.32 Å². The van der Waals surface area contributed by atoms with Crippen LogP contribution in [0.2, 0.25) is 0 Å². The highest BCUT2D eigenvalue weighted by Crippen LogP contribution is 2.33. The summed E-state index contributed by atoms with van der Waals surface area (Å²) in [6.45, 7) is 2.88. The molecule has 6 nitrogen and oxygen atoms in total. The maximum Gasteiger partial charge on any atom is 0.159 e. The van der Waals surface area contributed by atoms with Crippen molar-refractivity contribution >= 4 is 16.9 Å². The number of hydrogen-bond donors (Lipinski definition) is 3. The number of fused-ring (bicyclic) bond motifs is 1. The molecule has 7 heteroatoms. The first kappa shape index (κ1) is 13.1. The van der Waals surface area contributed by atoms with Gasteiger partial charge < -0.3 is 25.0 Å². The molecule has 3 N–H and O–H groups in total. The lowest BCUT2D eigenvalue weighted by atomic mass is 9.98. The summed E-state index contributed by atoms with van der Waals surface area (Å²) >= 11 is 1.44. The second kappa shape index (κ2) is 5.53. The zero-order chi connectivity index (χ0) is 12.4. The van der Waals surface area contributed by atoms with Gasteiger partial charge in [0.2, 0.25) is 0 Å². The van der Waals surface area contributed by atoms with E-state index >= 15 is 0 Å². The molecule has 17 heavy (non-hydrogen) atoms. The van der Waals surface area contributed by atoms with E-state index in [1.54, 1.807) is 7.11 Å². The number of aliphatic hydroxyl groups is 2. The number of rotatable bonds is 3. The molecule has 98 valence electrons. The number of hydrogen-bond acceptors (Lipinski definition) is 6. The number of aliphatic hydroxyl groups excluding tert-OH is 2. The Labute approximate surface area is 104 Å². The van der Waals surface area contributed by atoms with Crippen molar-refractivity contribution in [3.05, 3.63) is 0 Å². The van der Waals surface area contributed by atoms with Gasteiger partial charge in [0.05, 0.1) is 12.6 Å². The van der Waals surface area contributed by atoms with Crippen LogP contribution in [0.5, 0.6) is 0 Å². The Balaban J connectivity index is 2.06. The number of amidine groups is 1. The molecular formula is C10H18N2O4S. The van der Waals surface area contributed by atoms with E-state index in [1.165, 1.54) is 11.8 Å². The van der Waals surface area contributed by atoms with Gasteiger partial charge in [-0.1, -0.05) is 11.8 Å². The zero-order valence-electron chi connectivity index (χ0n) is 9.87. The highest BCUT2D eigenvalue weighted by atomic mass is 32.2.